The lowest BCUT2D eigenvalue weighted by molar-refractivity contribution is -0.136. The van der Waals surface area contributed by atoms with E-state index >= 15 is 0 Å². The highest BCUT2D eigenvalue weighted by atomic mass is 19.4. The summed E-state index contributed by atoms with van der Waals surface area (Å²) in [4.78, 5) is 18.4. The molecule has 6 nitrogen and oxygen atoms in total. The standard InChI is InChI=1S/C20H20F3N5O/c21-20(22,23)16-5-1-2-6-17(16)27-19(29)26-13-14-7-10-28(11-8-14)18-15(12-24)4-3-9-25-18/h1-6,9,14H,7-8,10-11,13H2,(H2,26,27,29). The minimum absolute atomic E-state index is 0.198. The van der Waals surface area contributed by atoms with Crippen LogP contribution < -0.4 is 15.5 Å². The second kappa shape index (κ2) is 8.82. The highest BCUT2D eigenvalue weighted by molar-refractivity contribution is 5.90. The van der Waals surface area contributed by atoms with Gasteiger partial charge in [0.05, 0.1) is 16.8 Å². The number of urea groups is 1. The van der Waals surface area contributed by atoms with Crippen LogP contribution >= 0.6 is 0 Å². The van der Waals surface area contributed by atoms with Crippen molar-refractivity contribution in [2.45, 2.75) is 19.0 Å². The van der Waals surface area contributed by atoms with Gasteiger partial charge in [0.1, 0.15) is 11.9 Å². The molecule has 2 aromatic rings. The Morgan fingerprint density at radius 2 is 1.93 bits per heavy atom. The van der Waals surface area contributed by atoms with E-state index in [0.717, 1.165) is 18.9 Å². The molecule has 0 bridgehead atoms. The summed E-state index contributed by atoms with van der Waals surface area (Å²) in [5.41, 5.74) is -0.634. The Labute approximate surface area is 166 Å². The highest BCUT2D eigenvalue weighted by Crippen LogP contribution is 2.34. The van der Waals surface area contributed by atoms with Gasteiger partial charge in [0, 0.05) is 25.8 Å². The van der Waals surface area contributed by atoms with E-state index < -0.39 is 17.8 Å². The molecule has 1 fully saturated rings. The van der Waals surface area contributed by atoms with E-state index in [-0.39, 0.29) is 11.6 Å². The number of nitriles is 1. The summed E-state index contributed by atoms with van der Waals surface area (Å²) in [5, 5.41) is 14.1. The van der Waals surface area contributed by atoms with Crippen molar-refractivity contribution in [3.8, 4) is 6.07 Å². The molecule has 1 aromatic heterocycles. The lowest BCUT2D eigenvalue weighted by Gasteiger charge is -2.33. The van der Waals surface area contributed by atoms with Crippen LogP contribution in [0.3, 0.4) is 0 Å². The van der Waals surface area contributed by atoms with Crippen LogP contribution in [0.25, 0.3) is 0 Å². The van der Waals surface area contributed by atoms with Gasteiger partial charge in [-0.2, -0.15) is 18.4 Å². The molecular weight excluding hydrogens is 383 g/mol. The first kappa shape index (κ1) is 20.5. The van der Waals surface area contributed by atoms with E-state index in [9.17, 15) is 23.2 Å². The van der Waals surface area contributed by atoms with Crippen LogP contribution in [0.4, 0.5) is 29.5 Å². The molecule has 1 aromatic carbocycles. The maximum atomic E-state index is 13.0. The number of carbonyl (C=O) groups excluding carboxylic acids is 1. The SMILES string of the molecule is N#Cc1cccnc1N1CCC(CNC(=O)Nc2ccccc2C(F)(F)F)CC1. The number of pyridine rings is 1. The molecule has 1 aliphatic rings. The minimum Gasteiger partial charge on any atom is -0.356 e. The summed E-state index contributed by atoms with van der Waals surface area (Å²) in [6, 6.07) is 9.77. The molecule has 9 heteroatoms. The maximum absolute atomic E-state index is 13.0. The lowest BCUT2D eigenvalue weighted by Crippen LogP contribution is -2.40. The third kappa shape index (κ3) is 5.16. The largest absolute Gasteiger partial charge is 0.418 e. The Morgan fingerprint density at radius 1 is 1.21 bits per heavy atom. The van der Waals surface area contributed by atoms with Crippen LogP contribution in [-0.2, 0) is 6.18 Å². The summed E-state index contributed by atoms with van der Waals surface area (Å²) >= 11 is 0. The van der Waals surface area contributed by atoms with E-state index in [0.29, 0.717) is 31.0 Å². The normalized spacial score (nSPS) is 14.9. The van der Waals surface area contributed by atoms with Crippen molar-refractivity contribution < 1.29 is 18.0 Å². The number of nitrogens with one attached hydrogen (secondary N) is 2. The number of aromatic nitrogens is 1. The summed E-state index contributed by atoms with van der Waals surface area (Å²) in [6.07, 6.45) is -1.33. The first-order valence-electron chi connectivity index (χ1n) is 9.19. The number of hydrogen-bond acceptors (Lipinski definition) is 4. The van der Waals surface area contributed by atoms with Gasteiger partial charge in [-0.05, 0) is 43.0 Å². The molecule has 0 unspecified atom stereocenters. The van der Waals surface area contributed by atoms with E-state index in [4.69, 9.17) is 0 Å². The maximum Gasteiger partial charge on any atom is 0.418 e. The van der Waals surface area contributed by atoms with Gasteiger partial charge >= 0.3 is 12.2 Å². The van der Waals surface area contributed by atoms with Crippen molar-refractivity contribution >= 4 is 17.5 Å². The molecule has 0 atom stereocenters. The summed E-state index contributed by atoms with van der Waals surface area (Å²) in [7, 11) is 0. The van der Waals surface area contributed by atoms with Crippen molar-refractivity contribution in [2.24, 2.45) is 5.92 Å². The Bertz CT molecular complexity index is 901. The van der Waals surface area contributed by atoms with E-state index in [2.05, 4.69) is 21.7 Å². The fourth-order valence-corrected chi connectivity index (χ4v) is 3.33. The monoisotopic (exact) mass is 403 g/mol. The topological polar surface area (TPSA) is 81.1 Å². The fourth-order valence-electron chi connectivity index (χ4n) is 3.33. The second-order valence-electron chi connectivity index (χ2n) is 6.80. The van der Waals surface area contributed by atoms with Crippen molar-refractivity contribution in [3.63, 3.8) is 0 Å². The van der Waals surface area contributed by atoms with E-state index in [1.165, 1.54) is 18.2 Å². The number of piperidine rings is 1. The molecule has 0 radical (unpaired) electrons. The van der Waals surface area contributed by atoms with Crippen LogP contribution in [0.5, 0.6) is 0 Å². The third-order valence-electron chi connectivity index (χ3n) is 4.85. The third-order valence-corrected chi connectivity index (χ3v) is 4.85. The first-order chi connectivity index (χ1) is 13.9. The van der Waals surface area contributed by atoms with E-state index in [1.807, 2.05) is 4.90 Å². The molecule has 2 N–H and O–H groups in total. The number of anilines is 2. The van der Waals surface area contributed by atoms with Gasteiger partial charge in [0.15, 0.2) is 0 Å². The van der Waals surface area contributed by atoms with Crippen LogP contribution in [0.2, 0.25) is 0 Å². The minimum atomic E-state index is -4.54. The molecule has 1 aliphatic heterocycles. The molecule has 152 valence electrons. The van der Waals surface area contributed by atoms with Crippen LogP contribution in [0, 0.1) is 17.2 Å². The Balaban J connectivity index is 1.50. The number of rotatable bonds is 4. The highest BCUT2D eigenvalue weighted by Gasteiger charge is 2.33. The predicted octanol–water partition coefficient (Wildman–Crippen LogP) is 4.01. The quantitative estimate of drug-likeness (QED) is 0.808. The average Bonchev–Trinajstić information content (AvgIpc) is 2.72. The number of benzene rings is 1. The molecule has 1 saturated heterocycles. The zero-order chi connectivity index (χ0) is 20.9. The number of hydrogen-bond donors (Lipinski definition) is 2. The summed E-state index contributed by atoms with van der Waals surface area (Å²) in [6.45, 7) is 1.74. The summed E-state index contributed by atoms with van der Waals surface area (Å²) < 4.78 is 39.0. The van der Waals surface area contributed by atoms with Crippen LogP contribution in [0.15, 0.2) is 42.6 Å². The lowest BCUT2D eigenvalue weighted by atomic mass is 9.96. The number of para-hydroxylation sites is 1. The molecule has 2 amide bonds. The van der Waals surface area contributed by atoms with Gasteiger partial charge < -0.3 is 15.5 Å². The molecule has 2 heterocycles. The molecule has 0 saturated carbocycles. The smallest absolute Gasteiger partial charge is 0.356 e. The second-order valence-corrected chi connectivity index (χ2v) is 6.80. The molecule has 29 heavy (non-hydrogen) atoms. The zero-order valence-electron chi connectivity index (χ0n) is 15.5. The number of amides is 2. The molecule has 3 rings (SSSR count). The van der Waals surface area contributed by atoms with Crippen molar-refractivity contribution in [1.29, 1.82) is 5.26 Å². The van der Waals surface area contributed by atoms with Gasteiger partial charge in [0.2, 0.25) is 0 Å². The summed E-state index contributed by atoms with van der Waals surface area (Å²) in [5.74, 6) is 0.854. The van der Waals surface area contributed by atoms with Crippen LogP contribution in [0.1, 0.15) is 24.0 Å². The number of halogens is 3. The first-order valence-corrected chi connectivity index (χ1v) is 9.19. The number of nitrogens with zero attached hydrogens (tertiary/aromatic N) is 3. The van der Waals surface area contributed by atoms with Gasteiger partial charge in [-0.15, -0.1) is 0 Å². The molecule has 0 aliphatic carbocycles. The molecule has 0 spiro atoms. The zero-order valence-corrected chi connectivity index (χ0v) is 15.5. The fraction of sp³-hybridized carbons (Fsp3) is 0.350. The van der Waals surface area contributed by atoms with Crippen molar-refractivity contribution in [1.82, 2.24) is 10.3 Å². The predicted molar refractivity (Wildman–Crippen MR) is 102 cm³/mol. The molecular formula is C20H20F3N5O. The average molecular weight is 403 g/mol. The van der Waals surface area contributed by atoms with E-state index in [1.54, 1.807) is 18.3 Å². The Hall–Kier alpha value is -3.28. The van der Waals surface area contributed by atoms with Gasteiger partial charge in [-0.3, -0.25) is 0 Å². The Kier molecular flexibility index (Phi) is 6.22. The van der Waals surface area contributed by atoms with Crippen molar-refractivity contribution in [3.05, 3.63) is 53.7 Å². The Morgan fingerprint density at radius 3 is 2.62 bits per heavy atom. The number of alkyl halides is 3. The van der Waals surface area contributed by atoms with Gasteiger partial charge in [-0.25, -0.2) is 9.78 Å². The van der Waals surface area contributed by atoms with Crippen LogP contribution in [-0.4, -0.2) is 30.6 Å². The van der Waals surface area contributed by atoms with Gasteiger partial charge in [0.25, 0.3) is 0 Å². The van der Waals surface area contributed by atoms with Gasteiger partial charge in [-0.1, -0.05) is 12.1 Å². The van der Waals surface area contributed by atoms with Crippen molar-refractivity contribution in [2.75, 3.05) is 29.9 Å². The number of carbonyl (C=O) groups is 1.